The molecule has 1 heterocycles. The fourth-order valence-corrected chi connectivity index (χ4v) is 2.90. The predicted molar refractivity (Wildman–Crippen MR) is 113 cm³/mol. The molecule has 0 aliphatic carbocycles. The van der Waals surface area contributed by atoms with E-state index in [1.807, 2.05) is 6.07 Å². The number of esters is 1. The molecule has 0 bridgehead atoms. The van der Waals surface area contributed by atoms with Crippen LogP contribution in [0.1, 0.15) is 46.1 Å². The standard InChI is InChI=1S/C22H29N3O7/c1-14(23-21(30)32-22(2,3)4)19(28)24-16-10-11-17(26)25(20(16)29)12-18(27)31-13-15-8-6-5-7-9-15/h5-9,14,16H,10-13H2,1-4H3,(H,23,30)(H,24,28)/t14-,16-/m0/s1. The summed E-state index contributed by atoms with van der Waals surface area (Å²) in [6, 6.07) is 7.02. The molecule has 2 atom stereocenters. The van der Waals surface area contributed by atoms with Crippen LogP contribution in [0.5, 0.6) is 0 Å². The van der Waals surface area contributed by atoms with E-state index < -0.39 is 54.0 Å². The van der Waals surface area contributed by atoms with E-state index in [4.69, 9.17) is 9.47 Å². The predicted octanol–water partition coefficient (Wildman–Crippen LogP) is 1.28. The number of likely N-dealkylation sites (tertiary alicyclic amines) is 1. The topological polar surface area (TPSA) is 131 Å². The minimum absolute atomic E-state index is 0.0173. The molecule has 174 valence electrons. The van der Waals surface area contributed by atoms with Crippen molar-refractivity contribution in [1.29, 1.82) is 0 Å². The molecule has 4 amide bonds. The summed E-state index contributed by atoms with van der Waals surface area (Å²) in [4.78, 5) is 62.0. The number of rotatable bonds is 7. The molecule has 0 radical (unpaired) electrons. The van der Waals surface area contributed by atoms with Crippen LogP contribution in [0.15, 0.2) is 30.3 Å². The largest absolute Gasteiger partial charge is 0.459 e. The first-order chi connectivity index (χ1) is 15.0. The van der Waals surface area contributed by atoms with E-state index in [1.165, 1.54) is 6.92 Å². The fraction of sp³-hybridized carbons (Fsp3) is 0.500. The number of nitrogens with zero attached hydrogens (tertiary/aromatic N) is 1. The van der Waals surface area contributed by atoms with Crippen molar-refractivity contribution in [3.8, 4) is 0 Å². The van der Waals surface area contributed by atoms with Crippen molar-refractivity contribution in [3.05, 3.63) is 35.9 Å². The zero-order valence-corrected chi connectivity index (χ0v) is 18.7. The molecule has 10 nitrogen and oxygen atoms in total. The van der Waals surface area contributed by atoms with Crippen LogP contribution in [0.3, 0.4) is 0 Å². The van der Waals surface area contributed by atoms with Crippen LogP contribution in [0.25, 0.3) is 0 Å². The van der Waals surface area contributed by atoms with Crippen LogP contribution in [0, 0.1) is 0 Å². The lowest BCUT2D eigenvalue weighted by molar-refractivity contribution is -0.159. The number of nitrogens with one attached hydrogen (secondary N) is 2. The third-order valence-electron chi connectivity index (χ3n) is 4.48. The van der Waals surface area contributed by atoms with Gasteiger partial charge in [-0.05, 0) is 39.7 Å². The van der Waals surface area contributed by atoms with Gasteiger partial charge in [0.1, 0.15) is 30.8 Å². The second-order valence-corrected chi connectivity index (χ2v) is 8.43. The third kappa shape index (κ3) is 7.68. The lowest BCUT2D eigenvalue weighted by Gasteiger charge is -2.31. The van der Waals surface area contributed by atoms with Gasteiger partial charge in [-0.25, -0.2) is 4.79 Å². The molecule has 1 aliphatic rings. The van der Waals surface area contributed by atoms with Gasteiger partial charge in [-0.3, -0.25) is 24.1 Å². The van der Waals surface area contributed by atoms with Gasteiger partial charge in [0.25, 0.3) is 5.91 Å². The number of ether oxygens (including phenoxy) is 2. The number of piperidine rings is 1. The van der Waals surface area contributed by atoms with Gasteiger partial charge < -0.3 is 20.1 Å². The molecule has 0 unspecified atom stereocenters. The summed E-state index contributed by atoms with van der Waals surface area (Å²) in [5, 5.41) is 4.90. The summed E-state index contributed by atoms with van der Waals surface area (Å²) in [6.45, 7) is 5.99. The van der Waals surface area contributed by atoms with Crippen LogP contribution >= 0.6 is 0 Å². The highest BCUT2D eigenvalue weighted by molar-refractivity contribution is 6.04. The Balaban J connectivity index is 1.88. The lowest BCUT2D eigenvalue weighted by Crippen LogP contribution is -2.58. The molecule has 10 heteroatoms. The number of carbonyl (C=O) groups is 5. The highest BCUT2D eigenvalue weighted by atomic mass is 16.6. The highest BCUT2D eigenvalue weighted by Crippen LogP contribution is 2.14. The third-order valence-corrected chi connectivity index (χ3v) is 4.48. The van der Waals surface area contributed by atoms with Gasteiger partial charge in [0.05, 0.1) is 0 Å². The molecule has 1 aliphatic heterocycles. The van der Waals surface area contributed by atoms with Gasteiger partial charge in [-0.2, -0.15) is 0 Å². The number of hydrogen-bond donors (Lipinski definition) is 2. The molecule has 2 N–H and O–H groups in total. The van der Waals surface area contributed by atoms with E-state index in [9.17, 15) is 24.0 Å². The van der Waals surface area contributed by atoms with Crippen molar-refractivity contribution in [1.82, 2.24) is 15.5 Å². The van der Waals surface area contributed by atoms with Crippen molar-refractivity contribution in [2.24, 2.45) is 0 Å². The van der Waals surface area contributed by atoms with E-state index >= 15 is 0 Å². The summed E-state index contributed by atoms with van der Waals surface area (Å²) >= 11 is 0. The zero-order valence-electron chi connectivity index (χ0n) is 18.7. The fourth-order valence-electron chi connectivity index (χ4n) is 2.90. The van der Waals surface area contributed by atoms with Crippen molar-refractivity contribution in [2.45, 2.75) is 64.8 Å². The SMILES string of the molecule is C[C@H](NC(=O)OC(C)(C)C)C(=O)N[C@H]1CCC(=O)N(CC(=O)OCc2ccccc2)C1=O. The summed E-state index contributed by atoms with van der Waals surface area (Å²) in [5.74, 6) is -2.56. The Morgan fingerprint density at radius 1 is 1.16 bits per heavy atom. The van der Waals surface area contributed by atoms with E-state index in [0.29, 0.717) is 0 Å². The smallest absolute Gasteiger partial charge is 0.408 e. The molecule has 2 rings (SSSR count). The Bertz CT molecular complexity index is 864. The van der Waals surface area contributed by atoms with Gasteiger partial charge in [-0.1, -0.05) is 30.3 Å². The monoisotopic (exact) mass is 447 g/mol. The Morgan fingerprint density at radius 3 is 2.44 bits per heavy atom. The minimum atomic E-state index is -0.995. The van der Waals surface area contributed by atoms with Crippen LogP contribution < -0.4 is 10.6 Å². The average molecular weight is 447 g/mol. The Labute approximate surface area is 186 Å². The molecular weight excluding hydrogens is 418 g/mol. The molecule has 1 aromatic carbocycles. The lowest BCUT2D eigenvalue weighted by atomic mass is 10.0. The number of benzene rings is 1. The normalized spacial score (nSPS) is 17.4. The Morgan fingerprint density at radius 2 is 1.81 bits per heavy atom. The van der Waals surface area contributed by atoms with E-state index in [2.05, 4.69) is 10.6 Å². The van der Waals surface area contributed by atoms with Crippen molar-refractivity contribution in [3.63, 3.8) is 0 Å². The molecular formula is C22H29N3O7. The van der Waals surface area contributed by atoms with Crippen molar-refractivity contribution in [2.75, 3.05) is 6.54 Å². The maximum atomic E-state index is 12.7. The second kappa shape index (κ2) is 10.7. The van der Waals surface area contributed by atoms with Gasteiger partial charge in [0.2, 0.25) is 11.8 Å². The first-order valence-corrected chi connectivity index (χ1v) is 10.3. The van der Waals surface area contributed by atoms with Crippen molar-refractivity contribution >= 4 is 29.8 Å². The summed E-state index contributed by atoms with van der Waals surface area (Å²) in [7, 11) is 0. The summed E-state index contributed by atoms with van der Waals surface area (Å²) in [5.41, 5.74) is 0.0454. The second-order valence-electron chi connectivity index (χ2n) is 8.43. The van der Waals surface area contributed by atoms with Crippen LogP contribution in [-0.2, 0) is 35.3 Å². The summed E-state index contributed by atoms with van der Waals surface area (Å²) < 4.78 is 10.2. The molecule has 32 heavy (non-hydrogen) atoms. The molecule has 1 saturated heterocycles. The molecule has 0 spiro atoms. The van der Waals surface area contributed by atoms with Crippen LogP contribution in [0.2, 0.25) is 0 Å². The first kappa shape index (κ1) is 24.8. The van der Waals surface area contributed by atoms with E-state index in [-0.39, 0.29) is 19.4 Å². The molecule has 0 saturated carbocycles. The van der Waals surface area contributed by atoms with E-state index in [1.54, 1.807) is 45.0 Å². The number of amides is 4. The Kier molecular flexibility index (Phi) is 8.34. The number of hydrogen-bond acceptors (Lipinski definition) is 7. The minimum Gasteiger partial charge on any atom is -0.459 e. The van der Waals surface area contributed by atoms with E-state index in [0.717, 1.165) is 10.5 Å². The van der Waals surface area contributed by atoms with Gasteiger partial charge in [-0.15, -0.1) is 0 Å². The average Bonchev–Trinajstić information content (AvgIpc) is 2.70. The van der Waals surface area contributed by atoms with Gasteiger partial charge >= 0.3 is 12.1 Å². The van der Waals surface area contributed by atoms with Crippen LogP contribution in [-0.4, -0.2) is 58.9 Å². The number of alkyl carbamates (subject to hydrolysis) is 1. The molecule has 1 fully saturated rings. The van der Waals surface area contributed by atoms with Gasteiger partial charge in [0, 0.05) is 6.42 Å². The van der Waals surface area contributed by atoms with Gasteiger partial charge in [0.15, 0.2) is 0 Å². The molecule has 1 aromatic rings. The highest BCUT2D eigenvalue weighted by Gasteiger charge is 2.37. The Hall–Kier alpha value is -3.43. The zero-order chi connectivity index (χ0) is 23.9. The maximum absolute atomic E-state index is 12.7. The quantitative estimate of drug-likeness (QED) is 0.475. The van der Waals surface area contributed by atoms with Crippen molar-refractivity contribution < 1.29 is 33.4 Å². The maximum Gasteiger partial charge on any atom is 0.408 e. The number of imide groups is 1. The number of carbonyl (C=O) groups excluding carboxylic acids is 5. The first-order valence-electron chi connectivity index (χ1n) is 10.3. The summed E-state index contributed by atoms with van der Waals surface area (Å²) in [6.07, 6.45) is -0.692. The molecule has 0 aromatic heterocycles. The van der Waals surface area contributed by atoms with Crippen LogP contribution in [0.4, 0.5) is 4.79 Å².